The van der Waals surface area contributed by atoms with Crippen molar-refractivity contribution in [2.24, 2.45) is 0 Å². The fourth-order valence-electron chi connectivity index (χ4n) is 2.35. The lowest BCUT2D eigenvalue weighted by molar-refractivity contribution is -0.120. The molecule has 3 rings (SSSR count). The number of ether oxygens (including phenoxy) is 2. The van der Waals surface area contributed by atoms with Crippen molar-refractivity contribution in [2.75, 3.05) is 19.7 Å². The lowest BCUT2D eigenvalue weighted by Crippen LogP contribution is -2.44. The van der Waals surface area contributed by atoms with Crippen molar-refractivity contribution in [3.63, 3.8) is 0 Å². The first-order valence-corrected chi connectivity index (χ1v) is 7.81. The Morgan fingerprint density at radius 1 is 1.04 bits per heavy atom. The highest BCUT2D eigenvalue weighted by Gasteiger charge is 2.21. The zero-order valence-corrected chi connectivity index (χ0v) is 13.3. The predicted molar refractivity (Wildman–Crippen MR) is 88.1 cm³/mol. The van der Waals surface area contributed by atoms with Crippen LogP contribution in [0.1, 0.15) is 10.4 Å². The maximum atomic E-state index is 13.5. The molecular formula is C18H17FN2O4. The number of para-hydroxylation sites is 2. The number of nitrogens with one attached hydrogen (secondary N) is 2. The van der Waals surface area contributed by atoms with E-state index < -0.39 is 17.6 Å². The average molecular weight is 344 g/mol. The molecule has 2 N–H and O–H groups in total. The van der Waals surface area contributed by atoms with Gasteiger partial charge in [-0.2, -0.15) is 0 Å². The van der Waals surface area contributed by atoms with Crippen molar-refractivity contribution in [1.29, 1.82) is 0 Å². The Morgan fingerprint density at radius 3 is 2.56 bits per heavy atom. The standard InChI is InChI=1S/C18H17FN2O4/c19-14-6-2-1-5-13(14)18(23)21-10-17(22)20-9-12-11-24-15-7-3-4-8-16(15)25-12/h1-8,12H,9-11H2,(H,20,22)(H,21,23). The summed E-state index contributed by atoms with van der Waals surface area (Å²) in [6.07, 6.45) is -0.318. The first-order valence-electron chi connectivity index (χ1n) is 7.81. The van der Waals surface area contributed by atoms with Gasteiger partial charge in [-0.15, -0.1) is 0 Å². The fraction of sp³-hybridized carbons (Fsp3) is 0.222. The van der Waals surface area contributed by atoms with Crippen LogP contribution >= 0.6 is 0 Å². The molecule has 1 atom stereocenters. The van der Waals surface area contributed by atoms with Crippen molar-refractivity contribution in [3.05, 3.63) is 59.9 Å². The topological polar surface area (TPSA) is 76.7 Å². The van der Waals surface area contributed by atoms with Gasteiger partial charge in [0, 0.05) is 0 Å². The molecule has 1 aliphatic rings. The Hall–Kier alpha value is -3.09. The number of rotatable bonds is 5. The quantitative estimate of drug-likeness (QED) is 0.862. The molecule has 7 heteroatoms. The third-order valence-electron chi connectivity index (χ3n) is 3.62. The van der Waals surface area contributed by atoms with Gasteiger partial charge in [-0.25, -0.2) is 4.39 Å². The molecule has 130 valence electrons. The van der Waals surface area contributed by atoms with Crippen LogP contribution in [-0.2, 0) is 4.79 Å². The molecule has 0 radical (unpaired) electrons. The van der Waals surface area contributed by atoms with Crippen molar-refractivity contribution >= 4 is 11.8 Å². The van der Waals surface area contributed by atoms with E-state index in [-0.39, 0.29) is 24.8 Å². The van der Waals surface area contributed by atoms with Crippen molar-refractivity contribution in [3.8, 4) is 11.5 Å². The molecule has 25 heavy (non-hydrogen) atoms. The zero-order valence-electron chi connectivity index (χ0n) is 13.3. The average Bonchev–Trinajstić information content (AvgIpc) is 2.64. The largest absolute Gasteiger partial charge is 0.486 e. The molecule has 2 aromatic rings. The van der Waals surface area contributed by atoms with Gasteiger partial charge in [0.2, 0.25) is 5.91 Å². The van der Waals surface area contributed by atoms with Crippen LogP contribution in [0.3, 0.4) is 0 Å². The second kappa shape index (κ2) is 7.65. The number of hydrogen-bond acceptors (Lipinski definition) is 4. The predicted octanol–water partition coefficient (Wildman–Crippen LogP) is 1.51. The highest BCUT2D eigenvalue weighted by molar-refractivity contribution is 5.96. The van der Waals surface area contributed by atoms with Crippen LogP contribution in [0.2, 0.25) is 0 Å². The molecule has 0 aromatic heterocycles. The smallest absolute Gasteiger partial charge is 0.254 e. The summed E-state index contributed by atoms with van der Waals surface area (Å²) < 4.78 is 24.8. The highest BCUT2D eigenvalue weighted by Crippen LogP contribution is 2.30. The third-order valence-corrected chi connectivity index (χ3v) is 3.62. The van der Waals surface area contributed by atoms with Gasteiger partial charge >= 0.3 is 0 Å². The lowest BCUT2D eigenvalue weighted by Gasteiger charge is -2.26. The van der Waals surface area contributed by atoms with E-state index in [1.165, 1.54) is 18.2 Å². The monoisotopic (exact) mass is 344 g/mol. The first-order chi connectivity index (χ1) is 12.1. The minimum atomic E-state index is -0.639. The summed E-state index contributed by atoms with van der Waals surface area (Å²) in [7, 11) is 0. The Morgan fingerprint density at radius 2 is 1.76 bits per heavy atom. The first kappa shape index (κ1) is 16.8. The molecule has 0 spiro atoms. The fourth-order valence-corrected chi connectivity index (χ4v) is 2.35. The van der Waals surface area contributed by atoms with Crippen LogP contribution in [0.5, 0.6) is 11.5 Å². The second-order valence-corrected chi connectivity index (χ2v) is 5.46. The van der Waals surface area contributed by atoms with Gasteiger partial charge in [0.1, 0.15) is 18.5 Å². The van der Waals surface area contributed by atoms with Gasteiger partial charge < -0.3 is 20.1 Å². The third kappa shape index (κ3) is 4.26. The van der Waals surface area contributed by atoms with E-state index in [1.54, 1.807) is 12.1 Å². The molecule has 2 aromatic carbocycles. The number of fused-ring (bicyclic) bond motifs is 1. The molecule has 2 amide bonds. The maximum Gasteiger partial charge on any atom is 0.254 e. The summed E-state index contributed by atoms with van der Waals surface area (Å²) in [5.41, 5.74) is -0.101. The van der Waals surface area contributed by atoms with Gasteiger partial charge in [-0.3, -0.25) is 9.59 Å². The number of hydrogen-bond donors (Lipinski definition) is 2. The number of carbonyl (C=O) groups excluding carboxylic acids is 2. The minimum Gasteiger partial charge on any atom is -0.486 e. The zero-order chi connectivity index (χ0) is 17.6. The molecule has 0 saturated heterocycles. The summed E-state index contributed by atoms with van der Waals surface area (Å²) in [6, 6.07) is 12.9. The van der Waals surface area contributed by atoms with Gasteiger partial charge in [0.25, 0.3) is 5.91 Å². The summed E-state index contributed by atoms with van der Waals surface area (Å²) >= 11 is 0. The van der Waals surface area contributed by atoms with E-state index in [1.807, 2.05) is 18.2 Å². The Balaban J connectivity index is 1.43. The van der Waals surface area contributed by atoms with Crippen molar-refractivity contribution in [2.45, 2.75) is 6.10 Å². The van der Waals surface area contributed by atoms with Crippen molar-refractivity contribution < 1.29 is 23.5 Å². The number of benzene rings is 2. The lowest BCUT2D eigenvalue weighted by atomic mass is 10.2. The molecule has 0 bridgehead atoms. The molecule has 0 fully saturated rings. The van der Waals surface area contributed by atoms with Gasteiger partial charge in [0.15, 0.2) is 11.5 Å². The van der Waals surface area contributed by atoms with Crippen LogP contribution in [0.15, 0.2) is 48.5 Å². The molecule has 1 unspecified atom stereocenters. The molecule has 1 heterocycles. The van der Waals surface area contributed by atoms with Crippen LogP contribution in [0.25, 0.3) is 0 Å². The van der Waals surface area contributed by atoms with Crippen LogP contribution in [-0.4, -0.2) is 37.6 Å². The van der Waals surface area contributed by atoms with E-state index in [9.17, 15) is 14.0 Å². The molecule has 6 nitrogen and oxygen atoms in total. The summed E-state index contributed by atoms with van der Waals surface area (Å²) in [5, 5.41) is 5.03. The van der Waals surface area contributed by atoms with Gasteiger partial charge in [0.05, 0.1) is 18.7 Å². The van der Waals surface area contributed by atoms with E-state index in [0.717, 1.165) is 0 Å². The second-order valence-electron chi connectivity index (χ2n) is 5.46. The van der Waals surface area contributed by atoms with E-state index in [4.69, 9.17) is 9.47 Å². The van der Waals surface area contributed by atoms with Gasteiger partial charge in [-0.1, -0.05) is 24.3 Å². The molecule has 0 aliphatic carbocycles. The van der Waals surface area contributed by atoms with E-state index in [0.29, 0.717) is 18.1 Å². The normalized spacial score (nSPS) is 15.3. The van der Waals surface area contributed by atoms with Gasteiger partial charge in [-0.05, 0) is 24.3 Å². The van der Waals surface area contributed by atoms with Crippen molar-refractivity contribution in [1.82, 2.24) is 10.6 Å². The van der Waals surface area contributed by atoms with E-state index in [2.05, 4.69) is 10.6 Å². The number of carbonyl (C=O) groups is 2. The number of halogens is 1. The Labute approximate surface area is 143 Å². The summed E-state index contributed by atoms with van der Waals surface area (Å²) in [4.78, 5) is 23.7. The Bertz CT molecular complexity index is 781. The van der Waals surface area contributed by atoms with Crippen LogP contribution in [0.4, 0.5) is 4.39 Å². The molecule has 1 aliphatic heterocycles. The summed E-state index contributed by atoms with van der Waals surface area (Å²) in [6.45, 7) is 0.305. The Kier molecular flexibility index (Phi) is 5.13. The van der Waals surface area contributed by atoms with E-state index >= 15 is 0 Å². The molecule has 0 saturated carbocycles. The SMILES string of the molecule is O=C(CNC(=O)c1ccccc1F)NCC1COc2ccccc2O1. The minimum absolute atomic E-state index is 0.101. The van der Waals surface area contributed by atoms with Crippen LogP contribution < -0.4 is 20.1 Å². The highest BCUT2D eigenvalue weighted by atomic mass is 19.1. The molecular weight excluding hydrogens is 327 g/mol. The summed E-state index contributed by atoms with van der Waals surface area (Å²) in [5.74, 6) is -0.374. The van der Waals surface area contributed by atoms with Crippen LogP contribution in [0, 0.1) is 5.82 Å². The number of amides is 2. The maximum absolute atomic E-state index is 13.5.